The summed E-state index contributed by atoms with van der Waals surface area (Å²) in [6.07, 6.45) is 3.15. The number of alkyl carbamates (subject to hydrolysis) is 1. The van der Waals surface area contributed by atoms with Crippen molar-refractivity contribution in [2.45, 2.75) is 39.3 Å². The molecule has 0 aromatic heterocycles. The van der Waals surface area contributed by atoms with E-state index in [-0.39, 0.29) is 6.04 Å². The Morgan fingerprint density at radius 2 is 2.08 bits per heavy atom. The van der Waals surface area contributed by atoms with Gasteiger partial charge in [-0.1, -0.05) is 0 Å². The van der Waals surface area contributed by atoms with Gasteiger partial charge in [-0.3, -0.25) is 5.41 Å². The monoisotopic (exact) mass is 400 g/mol. The molecule has 0 unspecified atom stereocenters. The van der Waals surface area contributed by atoms with Crippen molar-refractivity contribution in [2.75, 3.05) is 20.3 Å². The van der Waals surface area contributed by atoms with Gasteiger partial charge in [0.05, 0.1) is 25.0 Å². The number of ether oxygens (including phenoxy) is 2. The van der Waals surface area contributed by atoms with E-state index in [1.54, 1.807) is 13.1 Å². The van der Waals surface area contributed by atoms with Crippen LogP contribution in [0.25, 0.3) is 0 Å². The molecule has 0 aliphatic heterocycles. The summed E-state index contributed by atoms with van der Waals surface area (Å²) in [6.45, 7) is 7.98. The molecule has 0 bridgehead atoms. The molecular formula is C16H25BrN4O3. The van der Waals surface area contributed by atoms with Crippen LogP contribution in [0.1, 0.15) is 27.7 Å². The van der Waals surface area contributed by atoms with Crippen LogP contribution in [0.2, 0.25) is 0 Å². The average Bonchev–Trinajstić information content (AvgIpc) is 2.42. The summed E-state index contributed by atoms with van der Waals surface area (Å²) in [5, 5.41) is 14.7. The Balaban J connectivity index is 2.47. The van der Waals surface area contributed by atoms with Crippen LogP contribution >= 0.6 is 15.9 Å². The van der Waals surface area contributed by atoms with Crippen LogP contribution in [0, 0.1) is 5.41 Å². The summed E-state index contributed by atoms with van der Waals surface area (Å²) in [4.78, 5) is 11.7. The molecule has 0 fully saturated rings. The normalized spacial score (nSPS) is 17.9. The number of nitrogens with zero attached hydrogens (tertiary/aromatic N) is 1. The van der Waals surface area contributed by atoms with Crippen molar-refractivity contribution in [3.63, 3.8) is 0 Å². The molecule has 134 valence electrons. The number of carbonyl (C=O) groups is 1. The fourth-order valence-corrected chi connectivity index (χ4v) is 2.34. The van der Waals surface area contributed by atoms with E-state index in [0.29, 0.717) is 29.1 Å². The lowest BCUT2D eigenvalue weighted by Crippen LogP contribution is -2.39. The number of halogens is 1. The maximum Gasteiger partial charge on any atom is 0.407 e. The van der Waals surface area contributed by atoms with Gasteiger partial charge < -0.3 is 20.2 Å². The third-order valence-electron chi connectivity index (χ3n) is 2.76. The zero-order chi connectivity index (χ0) is 18.3. The fraction of sp³-hybridized carbons (Fsp3) is 0.562. The maximum absolute atomic E-state index is 11.7. The number of amides is 1. The van der Waals surface area contributed by atoms with Crippen LogP contribution in [-0.4, -0.2) is 49.4 Å². The quantitative estimate of drug-likeness (QED) is 0.471. The summed E-state index contributed by atoms with van der Waals surface area (Å²) in [7, 11) is 1.68. The van der Waals surface area contributed by atoms with E-state index < -0.39 is 11.7 Å². The first-order valence-electron chi connectivity index (χ1n) is 7.61. The summed E-state index contributed by atoms with van der Waals surface area (Å²) in [5.74, 6) is 0. The highest BCUT2D eigenvalue weighted by Crippen LogP contribution is 2.18. The van der Waals surface area contributed by atoms with Crippen molar-refractivity contribution in [3.8, 4) is 0 Å². The summed E-state index contributed by atoms with van der Waals surface area (Å²) < 4.78 is 11.5. The molecule has 7 nitrogen and oxygen atoms in total. The zero-order valence-corrected chi connectivity index (χ0v) is 16.3. The molecule has 0 aromatic carbocycles. The van der Waals surface area contributed by atoms with Crippen LogP contribution in [-0.2, 0) is 9.47 Å². The van der Waals surface area contributed by atoms with Crippen molar-refractivity contribution in [2.24, 2.45) is 5.10 Å². The molecule has 0 spiro atoms. The van der Waals surface area contributed by atoms with E-state index in [4.69, 9.17) is 14.9 Å². The second kappa shape index (κ2) is 8.98. The second-order valence-corrected chi connectivity index (χ2v) is 7.22. The number of hydrazone groups is 1. The third-order valence-corrected chi connectivity index (χ3v) is 3.39. The van der Waals surface area contributed by atoms with Gasteiger partial charge in [0, 0.05) is 11.5 Å². The standard InChI is InChI=1S/C16H25BrN4O3/c1-10(20-15(22)24-16(2,3)4)8-23-9-11-6-12(17)14(18)13(7-11)21-19-5/h6-7,10,18-19H,8-9H2,1-5H3,(H,20,22)/b18-14?,21-13-/t10-/m1/s1. The van der Waals surface area contributed by atoms with Crippen molar-refractivity contribution in [3.05, 3.63) is 22.2 Å². The van der Waals surface area contributed by atoms with Gasteiger partial charge in [0.25, 0.3) is 0 Å². The molecule has 1 aliphatic rings. The molecule has 1 atom stereocenters. The lowest BCUT2D eigenvalue weighted by molar-refractivity contribution is 0.0465. The highest BCUT2D eigenvalue weighted by Gasteiger charge is 2.18. The fourth-order valence-electron chi connectivity index (χ4n) is 1.84. The van der Waals surface area contributed by atoms with Crippen LogP contribution in [0.15, 0.2) is 27.3 Å². The Morgan fingerprint density at radius 1 is 1.42 bits per heavy atom. The van der Waals surface area contributed by atoms with Gasteiger partial charge >= 0.3 is 6.09 Å². The smallest absolute Gasteiger partial charge is 0.407 e. The van der Waals surface area contributed by atoms with Crippen LogP contribution in [0.5, 0.6) is 0 Å². The highest BCUT2D eigenvalue weighted by molar-refractivity contribution is 9.12. The number of carbonyl (C=O) groups excluding carboxylic acids is 1. The maximum atomic E-state index is 11.7. The molecule has 0 saturated heterocycles. The first-order chi connectivity index (χ1) is 11.1. The minimum absolute atomic E-state index is 0.180. The predicted octanol–water partition coefficient (Wildman–Crippen LogP) is 2.73. The van der Waals surface area contributed by atoms with Crippen molar-refractivity contribution in [1.82, 2.24) is 10.7 Å². The van der Waals surface area contributed by atoms with E-state index in [0.717, 1.165) is 5.57 Å². The van der Waals surface area contributed by atoms with Crippen molar-refractivity contribution < 1.29 is 14.3 Å². The number of rotatable bonds is 6. The first kappa shape index (κ1) is 20.4. The number of nitrogens with one attached hydrogen (secondary N) is 3. The Hall–Kier alpha value is -1.67. The van der Waals surface area contributed by atoms with Gasteiger partial charge in [0.2, 0.25) is 0 Å². The Bertz CT molecular complexity index is 576. The summed E-state index contributed by atoms with van der Waals surface area (Å²) in [6, 6.07) is -0.180. The van der Waals surface area contributed by atoms with E-state index in [2.05, 4.69) is 31.8 Å². The molecule has 8 heteroatoms. The van der Waals surface area contributed by atoms with E-state index in [1.807, 2.05) is 33.8 Å². The summed E-state index contributed by atoms with van der Waals surface area (Å²) >= 11 is 3.34. The Morgan fingerprint density at radius 3 is 2.67 bits per heavy atom. The van der Waals surface area contributed by atoms with Crippen molar-refractivity contribution in [1.29, 1.82) is 5.41 Å². The molecule has 0 heterocycles. The number of allylic oxidation sites excluding steroid dienone is 2. The average molecular weight is 401 g/mol. The zero-order valence-electron chi connectivity index (χ0n) is 14.7. The first-order valence-corrected chi connectivity index (χ1v) is 8.40. The van der Waals surface area contributed by atoms with E-state index >= 15 is 0 Å². The predicted molar refractivity (Wildman–Crippen MR) is 99.0 cm³/mol. The van der Waals surface area contributed by atoms with E-state index in [1.165, 1.54) is 0 Å². The second-order valence-electron chi connectivity index (χ2n) is 6.37. The van der Waals surface area contributed by atoms with Gasteiger partial charge in [-0.15, -0.1) is 0 Å². The van der Waals surface area contributed by atoms with Crippen LogP contribution in [0.3, 0.4) is 0 Å². The largest absolute Gasteiger partial charge is 0.444 e. The third kappa shape index (κ3) is 7.27. The Labute approximate surface area is 151 Å². The number of hydrogen-bond donors (Lipinski definition) is 3. The van der Waals surface area contributed by atoms with Crippen LogP contribution in [0.4, 0.5) is 4.79 Å². The molecule has 0 aromatic rings. The molecule has 1 amide bonds. The SMILES string of the molecule is CN/N=C1/C=C(COC[C@@H](C)NC(=O)OC(C)(C)C)C=C(Br)C1=N. The molecule has 1 aliphatic carbocycles. The van der Waals surface area contributed by atoms with Crippen LogP contribution < -0.4 is 10.7 Å². The Kier molecular flexibility index (Phi) is 7.62. The topological polar surface area (TPSA) is 95.8 Å². The van der Waals surface area contributed by atoms with Gasteiger partial charge in [0.1, 0.15) is 11.3 Å². The van der Waals surface area contributed by atoms with E-state index in [9.17, 15) is 4.79 Å². The lowest BCUT2D eigenvalue weighted by Gasteiger charge is -2.22. The summed E-state index contributed by atoms with van der Waals surface area (Å²) in [5.41, 5.74) is 3.88. The minimum Gasteiger partial charge on any atom is -0.444 e. The number of hydrogen-bond acceptors (Lipinski definition) is 6. The molecule has 0 saturated carbocycles. The highest BCUT2D eigenvalue weighted by atomic mass is 79.9. The molecule has 1 rings (SSSR count). The lowest BCUT2D eigenvalue weighted by atomic mass is 10.0. The molecule has 3 N–H and O–H groups in total. The molecule has 0 radical (unpaired) electrons. The van der Waals surface area contributed by atoms with Gasteiger partial charge in [-0.05, 0) is 61.4 Å². The molecular weight excluding hydrogens is 376 g/mol. The van der Waals surface area contributed by atoms with Gasteiger partial charge in [0.15, 0.2) is 0 Å². The minimum atomic E-state index is -0.526. The van der Waals surface area contributed by atoms with Gasteiger partial charge in [-0.2, -0.15) is 5.10 Å². The molecule has 24 heavy (non-hydrogen) atoms. The van der Waals surface area contributed by atoms with Crippen molar-refractivity contribution >= 4 is 33.4 Å². The van der Waals surface area contributed by atoms with Gasteiger partial charge in [-0.25, -0.2) is 4.79 Å².